The number of piperidine rings is 1. The Balaban J connectivity index is 1.88. The maximum Gasteiger partial charge on any atom is 0.142 e. The van der Waals surface area contributed by atoms with E-state index < -0.39 is 0 Å². The van der Waals surface area contributed by atoms with Crippen molar-refractivity contribution >= 4 is 17.3 Å². The first kappa shape index (κ1) is 16.6. The second kappa shape index (κ2) is 7.51. The number of methoxy groups -OCH3 is 1. The van der Waals surface area contributed by atoms with Gasteiger partial charge in [-0.1, -0.05) is 19.1 Å². The average Bonchev–Trinajstić information content (AvgIpc) is 2.61. The number of nitrogens with zero attached hydrogens (tertiary/aromatic N) is 3. The molecule has 1 aliphatic rings. The number of nitrogens with one attached hydrogen (secondary N) is 1. The monoisotopic (exact) mass is 326 g/mol. The molecule has 0 radical (unpaired) electrons. The zero-order chi connectivity index (χ0) is 16.9. The molecule has 2 aromatic rings. The van der Waals surface area contributed by atoms with Gasteiger partial charge < -0.3 is 15.0 Å². The summed E-state index contributed by atoms with van der Waals surface area (Å²) in [7, 11) is 1.68. The third-order valence-electron chi connectivity index (χ3n) is 4.59. The minimum atomic E-state index is 0.576. The average molecular weight is 326 g/mol. The highest BCUT2D eigenvalue weighted by molar-refractivity contribution is 5.65. The number of rotatable bonds is 5. The van der Waals surface area contributed by atoms with Crippen LogP contribution in [0.25, 0.3) is 0 Å². The van der Waals surface area contributed by atoms with Crippen molar-refractivity contribution in [2.24, 2.45) is 0 Å². The molecule has 0 bridgehead atoms. The Morgan fingerprint density at radius 2 is 2.08 bits per heavy atom. The van der Waals surface area contributed by atoms with E-state index in [1.807, 2.05) is 37.3 Å². The number of hydrogen-bond acceptors (Lipinski definition) is 5. The SMILES string of the molecule is CCC1CCCCN1c1cc(Nc2ccccc2OC)nc(C)n1. The number of para-hydroxylation sites is 2. The zero-order valence-corrected chi connectivity index (χ0v) is 14.7. The molecule has 0 amide bonds. The van der Waals surface area contributed by atoms with Crippen LogP contribution in [-0.4, -0.2) is 29.7 Å². The van der Waals surface area contributed by atoms with Gasteiger partial charge in [-0.25, -0.2) is 9.97 Å². The molecule has 1 saturated heterocycles. The summed E-state index contributed by atoms with van der Waals surface area (Å²) in [5.41, 5.74) is 0.912. The summed E-state index contributed by atoms with van der Waals surface area (Å²) in [4.78, 5) is 11.7. The van der Waals surface area contributed by atoms with E-state index in [0.29, 0.717) is 6.04 Å². The van der Waals surface area contributed by atoms with Gasteiger partial charge in [0.25, 0.3) is 0 Å². The highest BCUT2D eigenvalue weighted by Gasteiger charge is 2.22. The fourth-order valence-electron chi connectivity index (χ4n) is 3.38. The summed E-state index contributed by atoms with van der Waals surface area (Å²) in [5, 5.41) is 3.37. The van der Waals surface area contributed by atoms with E-state index >= 15 is 0 Å². The van der Waals surface area contributed by atoms with Gasteiger partial charge in [0.05, 0.1) is 12.8 Å². The number of ether oxygens (including phenoxy) is 1. The fourth-order valence-corrected chi connectivity index (χ4v) is 3.38. The molecule has 1 aliphatic heterocycles. The molecule has 0 aliphatic carbocycles. The molecule has 0 saturated carbocycles. The van der Waals surface area contributed by atoms with Crippen molar-refractivity contribution in [1.82, 2.24) is 9.97 Å². The van der Waals surface area contributed by atoms with Crippen LogP contribution in [0.5, 0.6) is 5.75 Å². The van der Waals surface area contributed by atoms with Crippen molar-refractivity contribution in [2.45, 2.75) is 45.6 Å². The van der Waals surface area contributed by atoms with E-state index in [0.717, 1.165) is 41.9 Å². The summed E-state index contributed by atoms with van der Waals surface area (Å²) in [6.07, 6.45) is 4.94. The Kier molecular flexibility index (Phi) is 5.18. The van der Waals surface area contributed by atoms with E-state index in [2.05, 4.69) is 27.1 Å². The largest absolute Gasteiger partial charge is 0.495 e. The summed E-state index contributed by atoms with van der Waals surface area (Å²) < 4.78 is 5.41. The Morgan fingerprint density at radius 3 is 2.88 bits per heavy atom. The first-order chi connectivity index (χ1) is 11.7. The molecule has 1 fully saturated rings. The predicted molar refractivity (Wildman–Crippen MR) is 98.3 cm³/mol. The van der Waals surface area contributed by atoms with Gasteiger partial charge >= 0.3 is 0 Å². The second-order valence-electron chi connectivity index (χ2n) is 6.24. The molecule has 1 unspecified atom stereocenters. The molecule has 128 valence electrons. The highest BCUT2D eigenvalue weighted by atomic mass is 16.5. The summed E-state index contributed by atoms with van der Waals surface area (Å²) in [6.45, 7) is 5.27. The van der Waals surface area contributed by atoms with Gasteiger partial charge in [-0.2, -0.15) is 0 Å². The van der Waals surface area contributed by atoms with E-state index in [4.69, 9.17) is 4.74 Å². The molecule has 1 N–H and O–H groups in total. The molecule has 24 heavy (non-hydrogen) atoms. The van der Waals surface area contributed by atoms with Crippen LogP contribution in [0.1, 0.15) is 38.4 Å². The van der Waals surface area contributed by atoms with Crippen LogP contribution in [0.4, 0.5) is 17.3 Å². The standard InChI is InChI=1S/C19H26N4O/c1-4-15-9-7-8-12-23(15)19-13-18(20-14(2)21-19)22-16-10-5-6-11-17(16)24-3/h5-6,10-11,13,15H,4,7-9,12H2,1-3H3,(H,20,21,22). The molecule has 0 spiro atoms. The van der Waals surface area contributed by atoms with Gasteiger partial charge in [0.15, 0.2) is 0 Å². The molecular weight excluding hydrogens is 300 g/mol. The number of aryl methyl sites for hydroxylation is 1. The van der Waals surface area contributed by atoms with E-state index in [1.165, 1.54) is 19.3 Å². The van der Waals surface area contributed by atoms with Crippen LogP contribution in [0.15, 0.2) is 30.3 Å². The Morgan fingerprint density at radius 1 is 1.25 bits per heavy atom. The van der Waals surface area contributed by atoms with Crippen LogP contribution in [0.2, 0.25) is 0 Å². The van der Waals surface area contributed by atoms with Gasteiger partial charge in [0.2, 0.25) is 0 Å². The van der Waals surface area contributed by atoms with Gasteiger partial charge in [-0.05, 0) is 44.7 Å². The van der Waals surface area contributed by atoms with Crippen LogP contribution in [0, 0.1) is 6.92 Å². The van der Waals surface area contributed by atoms with Crippen molar-refractivity contribution in [2.75, 3.05) is 23.9 Å². The minimum absolute atomic E-state index is 0.576. The molecule has 1 atom stereocenters. The molecule has 2 heterocycles. The van der Waals surface area contributed by atoms with Crippen molar-refractivity contribution in [3.05, 3.63) is 36.2 Å². The lowest BCUT2D eigenvalue weighted by atomic mass is 10.00. The Bertz CT molecular complexity index is 689. The van der Waals surface area contributed by atoms with Crippen molar-refractivity contribution in [3.63, 3.8) is 0 Å². The second-order valence-corrected chi connectivity index (χ2v) is 6.24. The maximum absolute atomic E-state index is 5.41. The zero-order valence-electron chi connectivity index (χ0n) is 14.7. The molecule has 1 aromatic heterocycles. The number of hydrogen-bond donors (Lipinski definition) is 1. The molecule has 3 rings (SSSR count). The van der Waals surface area contributed by atoms with Crippen LogP contribution >= 0.6 is 0 Å². The quantitative estimate of drug-likeness (QED) is 0.887. The van der Waals surface area contributed by atoms with Crippen LogP contribution in [-0.2, 0) is 0 Å². The van der Waals surface area contributed by atoms with Gasteiger partial charge in [-0.3, -0.25) is 0 Å². The van der Waals surface area contributed by atoms with Crippen molar-refractivity contribution in [3.8, 4) is 5.75 Å². The topological polar surface area (TPSA) is 50.3 Å². The molecule has 5 heteroatoms. The maximum atomic E-state index is 5.41. The van der Waals surface area contributed by atoms with Crippen molar-refractivity contribution < 1.29 is 4.74 Å². The van der Waals surface area contributed by atoms with Gasteiger partial charge in [0, 0.05) is 18.7 Å². The van der Waals surface area contributed by atoms with Crippen LogP contribution in [0.3, 0.4) is 0 Å². The molecule has 1 aromatic carbocycles. The lowest BCUT2D eigenvalue weighted by Crippen LogP contribution is -2.39. The van der Waals surface area contributed by atoms with Gasteiger partial charge in [-0.15, -0.1) is 0 Å². The van der Waals surface area contributed by atoms with E-state index in [-0.39, 0.29) is 0 Å². The summed E-state index contributed by atoms with van der Waals surface area (Å²) in [6, 6.07) is 10.5. The third-order valence-corrected chi connectivity index (χ3v) is 4.59. The fraction of sp³-hybridized carbons (Fsp3) is 0.474. The minimum Gasteiger partial charge on any atom is -0.495 e. The lowest BCUT2D eigenvalue weighted by Gasteiger charge is -2.36. The third kappa shape index (κ3) is 3.61. The number of anilines is 3. The summed E-state index contributed by atoms with van der Waals surface area (Å²) in [5.74, 6) is 3.42. The normalized spacial score (nSPS) is 17.6. The first-order valence-electron chi connectivity index (χ1n) is 8.73. The summed E-state index contributed by atoms with van der Waals surface area (Å²) >= 11 is 0. The lowest BCUT2D eigenvalue weighted by molar-refractivity contribution is 0.417. The smallest absolute Gasteiger partial charge is 0.142 e. The molecular formula is C19H26N4O. The first-order valence-corrected chi connectivity index (χ1v) is 8.73. The molecule has 5 nitrogen and oxygen atoms in total. The van der Waals surface area contributed by atoms with Crippen LogP contribution < -0.4 is 15.0 Å². The van der Waals surface area contributed by atoms with Gasteiger partial charge in [0.1, 0.15) is 23.2 Å². The highest BCUT2D eigenvalue weighted by Crippen LogP contribution is 2.30. The Hall–Kier alpha value is -2.30. The van der Waals surface area contributed by atoms with E-state index in [9.17, 15) is 0 Å². The van der Waals surface area contributed by atoms with E-state index in [1.54, 1.807) is 7.11 Å². The Labute approximate surface area is 144 Å². The predicted octanol–water partition coefficient (Wildman–Crippen LogP) is 4.31. The number of benzene rings is 1. The number of aromatic nitrogens is 2. The van der Waals surface area contributed by atoms with Crippen molar-refractivity contribution in [1.29, 1.82) is 0 Å².